The summed E-state index contributed by atoms with van der Waals surface area (Å²) in [6.07, 6.45) is 1.25. The molecule has 10 heteroatoms. The molecule has 0 saturated carbocycles. The molecular formula is C20H21N3O5S2. The Bertz CT molecular complexity index is 1080. The number of rotatable bonds is 9. The lowest BCUT2D eigenvalue weighted by Crippen LogP contribution is -2.32. The van der Waals surface area contributed by atoms with Gasteiger partial charge in [0.25, 0.3) is 15.9 Å². The summed E-state index contributed by atoms with van der Waals surface area (Å²) in [4.78, 5) is 16.6. The van der Waals surface area contributed by atoms with Crippen LogP contribution in [0.2, 0.25) is 0 Å². The summed E-state index contributed by atoms with van der Waals surface area (Å²) in [5.41, 5.74) is 0.459. The van der Waals surface area contributed by atoms with E-state index < -0.39 is 16.1 Å². The fourth-order valence-electron chi connectivity index (χ4n) is 2.55. The second kappa shape index (κ2) is 9.59. The van der Waals surface area contributed by atoms with Gasteiger partial charge in [-0.15, -0.1) is 11.3 Å². The average Bonchev–Trinajstić information content (AvgIpc) is 3.24. The summed E-state index contributed by atoms with van der Waals surface area (Å²) in [6.45, 7) is 1.84. The number of sulfonamides is 1. The van der Waals surface area contributed by atoms with Crippen molar-refractivity contribution in [3.63, 3.8) is 0 Å². The van der Waals surface area contributed by atoms with E-state index in [1.807, 2.05) is 6.92 Å². The van der Waals surface area contributed by atoms with Gasteiger partial charge in [0.2, 0.25) is 0 Å². The highest BCUT2D eigenvalue weighted by atomic mass is 32.2. The van der Waals surface area contributed by atoms with Crippen LogP contribution in [0.15, 0.2) is 65.0 Å². The van der Waals surface area contributed by atoms with Crippen LogP contribution < -0.4 is 19.5 Å². The number of amides is 1. The summed E-state index contributed by atoms with van der Waals surface area (Å²) >= 11 is 1.18. The molecule has 0 spiro atoms. The highest BCUT2D eigenvalue weighted by molar-refractivity contribution is 7.93. The summed E-state index contributed by atoms with van der Waals surface area (Å²) in [7, 11) is -2.19. The van der Waals surface area contributed by atoms with Crippen LogP contribution in [0.5, 0.6) is 11.5 Å². The van der Waals surface area contributed by atoms with E-state index in [4.69, 9.17) is 9.47 Å². The number of nitrogens with zero attached hydrogens (tertiary/aromatic N) is 1. The summed E-state index contributed by atoms with van der Waals surface area (Å²) in [5, 5.41) is 4.71. The second-order valence-corrected chi connectivity index (χ2v) is 8.73. The molecule has 0 saturated heterocycles. The van der Waals surface area contributed by atoms with Gasteiger partial charge >= 0.3 is 0 Å². The zero-order chi connectivity index (χ0) is 21.6. The molecule has 158 valence electrons. The predicted molar refractivity (Wildman–Crippen MR) is 116 cm³/mol. The van der Waals surface area contributed by atoms with E-state index in [2.05, 4.69) is 15.0 Å². The van der Waals surface area contributed by atoms with E-state index in [0.29, 0.717) is 23.6 Å². The monoisotopic (exact) mass is 447 g/mol. The van der Waals surface area contributed by atoms with Crippen LogP contribution in [0.1, 0.15) is 13.3 Å². The van der Waals surface area contributed by atoms with Crippen molar-refractivity contribution in [1.29, 1.82) is 0 Å². The Kier molecular flexibility index (Phi) is 6.91. The van der Waals surface area contributed by atoms with Crippen molar-refractivity contribution in [3.8, 4) is 11.5 Å². The first-order chi connectivity index (χ1) is 14.4. The zero-order valence-electron chi connectivity index (χ0n) is 16.4. The third-order valence-electron chi connectivity index (χ3n) is 4.07. The van der Waals surface area contributed by atoms with Crippen molar-refractivity contribution in [2.75, 3.05) is 17.1 Å². The van der Waals surface area contributed by atoms with Gasteiger partial charge in [0.15, 0.2) is 11.2 Å². The van der Waals surface area contributed by atoms with Crippen molar-refractivity contribution < 1.29 is 22.7 Å². The maximum absolute atomic E-state index is 12.6. The van der Waals surface area contributed by atoms with E-state index in [1.54, 1.807) is 36.8 Å². The molecule has 0 fully saturated rings. The number of nitrogens with one attached hydrogen (secondary N) is 2. The van der Waals surface area contributed by atoms with E-state index >= 15 is 0 Å². The smallest absolute Gasteiger partial charge is 0.265 e. The Balaban J connectivity index is 1.65. The highest BCUT2D eigenvalue weighted by Crippen LogP contribution is 2.22. The maximum Gasteiger partial charge on any atom is 0.265 e. The minimum atomic E-state index is -3.75. The molecule has 2 aromatic carbocycles. The number of methoxy groups -OCH3 is 1. The lowest BCUT2D eigenvalue weighted by Gasteiger charge is -2.18. The fraction of sp³-hybridized carbons (Fsp3) is 0.200. The Morgan fingerprint density at radius 2 is 1.90 bits per heavy atom. The predicted octanol–water partition coefficient (Wildman–Crippen LogP) is 3.75. The standard InChI is InChI=1S/C20H21N3O5S2/c1-3-18(28-16-6-4-5-15(13-16)27-2)19(24)22-14-7-9-17(10-8-14)30(25,26)23-20-21-11-12-29-20/h4-13,18H,3H2,1-2H3,(H,21,23)(H,22,24). The fourth-order valence-corrected chi connectivity index (χ4v) is 4.34. The zero-order valence-corrected chi connectivity index (χ0v) is 18.0. The first-order valence-corrected chi connectivity index (χ1v) is 11.4. The minimum absolute atomic E-state index is 0.0652. The molecule has 0 radical (unpaired) electrons. The Labute approximate surface area is 178 Å². The van der Waals surface area contributed by atoms with Gasteiger partial charge in [-0.3, -0.25) is 9.52 Å². The third-order valence-corrected chi connectivity index (χ3v) is 6.24. The number of ether oxygens (including phenoxy) is 2. The van der Waals surface area contributed by atoms with Gasteiger partial charge < -0.3 is 14.8 Å². The van der Waals surface area contributed by atoms with Gasteiger partial charge in [0.05, 0.1) is 12.0 Å². The number of carbonyl (C=O) groups is 1. The van der Waals surface area contributed by atoms with E-state index in [9.17, 15) is 13.2 Å². The number of hydrogen-bond donors (Lipinski definition) is 2. The van der Waals surface area contributed by atoms with Gasteiger partial charge in [-0.1, -0.05) is 13.0 Å². The molecule has 0 aliphatic rings. The van der Waals surface area contributed by atoms with E-state index in [0.717, 1.165) is 0 Å². The maximum atomic E-state index is 12.6. The normalized spacial score (nSPS) is 12.1. The van der Waals surface area contributed by atoms with Crippen molar-refractivity contribution in [2.24, 2.45) is 0 Å². The van der Waals surface area contributed by atoms with Crippen LogP contribution >= 0.6 is 11.3 Å². The number of benzene rings is 2. The van der Waals surface area contributed by atoms with Crippen LogP contribution in [-0.2, 0) is 14.8 Å². The van der Waals surface area contributed by atoms with Crippen molar-refractivity contribution in [3.05, 3.63) is 60.1 Å². The molecule has 2 N–H and O–H groups in total. The van der Waals surface area contributed by atoms with Crippen LogP contribution in [0.25, 0.3) is 0 Å². The van der Waals surface area contributed by atoms with Gasteiger partial charge in [-0.25, -0.2) is 13.4 Å². The lowest BCUT2D eigenvalue weighted by molar-refractivity contribution is -0.122. The number of aromatic nitrogens is 1. The van der Waals surface area contributed by atoms with Crippen LogP contribution in [0.4, 0.5) is 10.8 Å². The molecule has 1 heterocycles. The molecule has 1 unspecified atom stereocenters. The van der Waals surface area contributed by atoms with Crippen molar-refractivity contribution in [1.82, 2.24) is 4.98 Å². The third kappa shape index (κ3) is 5.49. The molecule has 0 aliphatic heterocycles. The van der Waals surface area contributed by atoms with Gasteiger partial charge in [-0.2, -0.15) is 0 Å². The summed E-state index contributed by atoms with van der Waals surface area (Å²) in [6, 6.07) is 12.9. The summed E-state index contributed by atoms with van der Waals surface area (Å²) in [5.74, 6) is 0.814. The van der Waals surface area contributed by atoms with Gasteiger partial charge in [0.1, 0.15) is 11.5 Å². The minimum Gasteiger partial charge on any atom is -0.497 e. The molecule has 1 atom stereocenters. The molecule has 1 amide bonds. The SMILES string of the molecule is CCC(Oc1cccc(OC)c1)C(=O)Nc1ccc(S(=O)(=O)Nc2nccs2)cc1. The first kappa shape index (κ1) is 21.6. The molecule has 0 aliphatic carbocycles. The number of anilines is 2. The number of thiazole rings is 1. The molecule has 0 bridgehead atoms. The molecule has 3 rings (SSSR count). The molecule has 1 aromatic heterocycles. The molecular weight excluding hydrogens is 426 g/mol. The Morgan fingerprint density at radius 3 is 2.53 bits per heavy atom. The first-order valence-electron chi connectivity index (χ1n) is 9.05. The highest BCUT2D eigenvalue weighted by Gasteiger charge is 2.20. The van der Waals surface area contributed by atoms with E-state index in [1.165, 1.54) is 41.8 Å². The van der Waals surface area contributed by atoms with Crippen molar-refractivity contribution >= 4 is 38.1 Å². The van der Waals surface area contributed by atoms with Crippen molar-refractivity contribution in [2.45, 2.75) is 24.3 Å². The summed E-state index contributed by atoms with van der Waals surface area (Å²) < 4.78 is 38.1. The van der Waals surface area contributed by atoms with E-state index in [-0.39, 0.29) is 15.9 Å². The Morgan fingerprint density at radius 1 is 1.17 bits per heavy atom. The van der Waals surface area contributed by atoms with Gasteiger partial charge in [0, 0.05) is 23.3 Å². The lowest BCUT2D eigenvalue weighted by atomic mass is 10.2. The molecule has 8 nitrogen and oxygen atoms in total. The number of hydrogen-bond acceptors (Lipinski definition) is 7. The quantitative estimate of drug-likeness (QED) is 0.517. The largest absolute Gasteiger partial charge is 0.497 e. The van der Waals surface area contributed by atoms with Crippen LogP contribution in [-0.4, -0.2) is 32.5 Å². The molecule has 30 heavy (non-hydrogen) atoms. The second-order valence-electron chi connectivity index (χ2n) is 6.15. The van der Waals surface area contributed by atoms with Crippen LogP contribution in [0.3, 0.4) is 0 Å². The van der Waals surface area contributed by atoms with Crippen LogP contribution in [0, 0.1) is 0 Å². The molecule has 3 aromatic rings. The average molecular weight is 448 g/mol. The number of carbonyl (C=O) groups excluding carboxylic acids is 1. The van der Waals surface area contributed by atoms with Gasteiger partial charge in [-0.05, 0) is 42.8 Å². The Hall–Kier alpha value is -3.11. The topological polar surface area (TPSA) is 107 Å².